The molecule has 154 valence electrons. The van der Waals surface area contributed by atoms with E-state index < -0.39 is 0 Å². The predicted molar refractivity (Wildman–Crippen MR) is 114 cm³/mol. The van der Waals surface area contributed by atoms with E-state index in [1.54, 1.807) is 24.0 Å². The molecule has 0 aromatic heterocycles. The van der Waals surface area contributed by atoms with E-state index in [4.69, 9.17) is 4.74 Å². The molecule has 1 unspecified atom stereocenters. The molecule has 1 heterocycles. The van der Waals surface area contributed by atoms with Crippen molar-refractivity contribution in [2.24, 2.45) is 5.92 Å². The molecule has 0 N–H and O–H groups in total. The summed E-state index contributed by atoms with van der Waals surface area (Å²) in [6.07, 6.45) is 0.944. The molecule has 1 aliphatic rings. The van der Waals surface area contributed by atoms with Gasteiger partial charge in [-0.2, -0.15) is 0 Å². The second-order valence-electron chi connectivity index (χ2n) is 8.16. The molecule has 2 amide bonds. The summed E-state index contributed by atoms with van der Waals surface area (Å²) in [7, 11) is 1.82. The van der Waals surface area contributed by atoms with Gasteiger partial charge in [-0.3, -0.25) is 9.59 Å². The Morgan fingerprint density at radius 2 is 1.86 bits per heavy atom. The van der Waals surface area contributed by atoms with Crippen LogP contribution in [-0.2, 0) is 4.79 Å². The third kappa shape index (κ3) is 5.37. The maximum absolute atomic E-state index is 12.7. The highest BCUT2D eigenvalue weighted by molar-refractivity contribution is 5.94. The zero-order valence-electron chi connectivity index (χ0n) is 17.7. The molecule has 29 heavy (non-hydrogen) atoms. The molecule has 1 fully saturated rings. The van der Waals surface area contributed by atoms with Crippen molar-refractivity contribution in [1.82, 2.24) is 9.80 Å². The molecule has 1 aliphatic heterocycles. The van der Waals surface area contributed by atoms with Crippen LogP contribution < -0.4 is 4.74 Å². The third-order valence-corrected chi connectivity index (χ3v) is 5.47. The molecule has 5 nitrogen and oxygen atoms in total. The Kier molecular flexibility index (Phi) is 6.57. The topological polar surface area (TPSA) is 49.9 Å². The van der Waals surface area contributed by atoms with Crippen molar-refractivity contribution in [3.8, 4) is 11.5 Å². The molecule has 0 bridgehead atoms. The van der Waals surface area contributed by atoms with Crippen LogP contribution in [0.25, 0.3) is 0 Å². The van der Waals surface area contributed by atoms with Gasteiger partial charge in [0.25, 0.3) is 5.91 Å². The first-order valence-electron chi connectivity index (χ1n) is 10.2. The Bertz CT molecular complexity index is 861. The van der Waals surface area contributed by atoms with E-state index in [2.05, 4.69) is 19.9 Å². The fourth-order valence-corrected chi connectivity index (χ4v) is 3.70. The number of likely N-dealkylation sites (tertiary alicyclic amines) is 1. The van der Waals surface area contributed by atoms with Crippen molar-refractivity contribution in [2.75, 3.05) is 26.7 Å². The van der Waals surface area contributed by atoms with Crippen LogP contribution in [0.2, 0.25) is 0 Å². The molecule has 2 aromatic rings. The number of amides is 2. The average Bonchev–Trinajstić information content (AvgIpc) is 3.17. The monoisotopic (exact) mass is 394 g/mol. The summed E-state index contributed by atoms with van der Waals surface area (Å²) < 4.78 is 5.94. The van der Waals surface area contributed by atoms with Crippen LogP contribution in [0.3, 0.4) is 0 Å². The first kappa shape index (κ1) is 20.9. The van der Waals surface area contributed by atoms with Gasteiger partial charge in [0.05, 0.1) is 0 Å². The van der Waals surface area contributed by atoms with Crippen LogP contribution in [0.1, 0.15) is 49.0 Å². The Morgan fingerprint density at radius 1 is 1.14 bits per heavy atom. The van der Waals surface area contributed by atoms with Crippen LogP contribution in [0.5, 0.6) is 11.5 Å². The van der Waals surface area contributed by atoms with Crippen LogP contribution in [0, 0.1) is 5.92 Å². The first-order valence-corrected chi connectivity index (χ1v) is 10.2. The lowest BCUT2D eigenvalue weighted by atomic mass is 10.0. The summed E-state index contributed by atoms with van der Waals surface area (Å²) in [4.78, 5) is 27.8. The molecule has 5 heteroatoms. The van der Waals surface area contributed by atoms with Crippen LogP contribution in [-0.4, -0.2) is 48.3 Å². The lowest BCUT2D eigenvalue weighted by Crippen LogP contribution is -2.33. The van der Waals surface area contributed by atoms with Gasteiger partial charge >= 0.3 is 0 Å². The van der Waals surface area contributed by atoms with E-state index in [9.17, 15) is 9.59 Å². The second-order valence-corrected chi connectivity index (χ2v) is 8.16. The number of benzene rings is 2. The number of nitrogens with zero attached hydrogens (tertiary/aromatic N) is 2. The molecule has 0 radical (unpaired) electrons. The molecule has 0 saturated carbocycles. The van der Waals surface area contributed by atoms with Crippen molar-refractivity contribution in [3.05, 3.63) is 59.7 Å². The Balaban J connectivity index is 1.58. The predicted octanol–water partition coefficient (Wildman–Crippen LogP) is 4.54. The summed E-state index contributed by atoms with van der Waals surface area (Å²) in [6, 6.07) is 15.3. The highest BCUT2D eigenvalue weighted by Gasteiger charge is 2.26. The minimum atomic E-state index is -0.0142. The van der Waals surface area contributed by atoms with Gasteiger partial charge in [0, 0.05) is 39.2 Å². The Hall–Kier alpha value is -2.82. The smallest absolute Gasteiger partial charge is 0.253 e. The van der Waals surface area contributed by atoms with Gasteiger partial charge in [0.15, 0.2) is 0 Å². The molecule has 1 saturated heterocycles. The number of ether oxygens (including phenoxy) is 1. The number of rotatable bonds is 6. The van der Waals surface area contributed by atoms with E-state index in [1.165, 1.54) is 5.56 Å². The van der Waals surface area contributed by atoms with Gasteiger partial charge in [0.2, 0.25) is 5.91 Å². The minimum Gasteiger partial charge on any atom is -0.457 e. The highest BCUT2D eigenvalue weighted by Crippen LogP contribution is 2.26. The number of hydrogen-bond donors (Lipinski definition) is 0. The molecule has 0 spiro atoms. The zero-order chi connectivity index (χ0) is 21.0. The maximum Gasteiger partial charge on any atom is 0.253 e. The van der Waals surface area contributed by atoms with Gasteiger partial charge in [-0.05, 0) is 60.2 Å². The SMILES string of the molecule is CC(=O)N1CCC(CN(C)C(=O)c2ccc(Oc3cccc(C(C)C)c3)cc2)C1. The Labute approximate surface area is 173 Å². The van der Waals surface area contributed by atoms with Gasteiger partial charge < -0.3 is 14.5 Å². The molecule has 0 aliphatic carbocycles. The molecule has 3 rings (SSSR count). The molecular formula is C24H30N2O3. The highest BCUT2D eigenvalue weighted by atomic mass is 16.5. The quantitative estimate of drug-likeness (QED) is 0.723. The van der Waals surface area contributed by atoms with Gasteiger partial charge in [-0.25, -0.2) is 0 Å². The molecule has 1 atom stereocenters. The van der Waals surface area contributed by atoms with E-state index in [0.29, 0.717) is 29.7 Å². The summed E-state index contributed by atoms with van der Waals surface area (Å²) in [6.45, 7) is 8.07. The van der Waals surface area contributed by atoms with Crippen molar-refractivity contribution in [1.29, 1.82) is 0 Å². The number of carbonyl (C=O) groups is 2. The van der Waals surface area contributed by atoms with Crippen molar-refractivity contribution >= 4 is 11.8 Å². The summed E-state index contributed by atoms with van der Waals surface area (Å²) >= 11 is 0. The summed E-state index contributed by atoms with van der Waals surface area (Å²) in [5.41, 5.74) is 1.86. The Morgan fingerprint density at radius 3 is 2.48 bits per heavy atom. The van der Waals surface area contributed by atoms with Crippen LogP contribution in [0.4, 0.5) is 0 Å². The zero-order valence-corrected chi connectivity index (χ0v) is 17.7. The summed E-state index contributed by atoms with van der Waals surface area (Å²) in [5, 5.41) is 0. The van der Waals surface area contributed by atoms with Gasteiger partial charge in [-0.1, -0.05) is 26.0 Å². The maximum atomic E-state index is 12.7. The van der Waals surface area contributed by atoms with Gasteiger partial charge in [0.1, 0.15) is 11.5 Å². The van der Waals surface area contributed by atoms with Crippen molar-refractivity contribution in [3.63, 3.8) is 0 Å². The largest absolute Gasteiger partial charge is 0.457 e. The standard InChI is InChI=1S/C24H30N2O3/c1-17(2)21-6-5-7-23(14-21)29-22-10-8-20(9-11-22)24(28)25(4)15-19-12-13-26(16-19)18(3)27/h5-11,14,17,19H,12-13,15-16H2,1-4H3. The molecular weight excluding hydrogens is 364 g/mol. The normalized spacial score (nSPS) is 16.2. The van der Waals surface area contributed by atoms with E-state index in [1.807, 2.05) is 42.3 Å². The third-order valence-electron chi connectivity index (χ3n) is 5.47. The first-order chi connectivity index (χ1) is 13.8. The number of carbonyl (C=O) groups excluding carboxylic acids is 2. The second kappa shape index (κ2) is 9.12. The van der Waals surface area contributed by atoms with E-state index in [-0.39, 0.29) is 11.8 Å². The fourth-order valence-electron chi connectivity index (χ4n) is 3.70. The van der Waals surface area contributed by atoms with Crippen molar-refractivity contribution < 1.29 is 14.3 Å². The van der Waals surface area contributed by atoms with Crippen LogP contribution >= 0.6 is 0 Å². The van der Waals surface area contributed by atoms with Crippen molar-refractivity contribution in [2.45, 2.75) is 33.1 Å². The van der Waals surface area contributed by atoms with Crippen LogP contribution in [0.15, 0.2) is 48.5 Å². The lowest BCUT2D eigenvalue weighted by Gasteiger charge is -2.21. The van der Waals surface area contributed by atoms with E-state index >= 15 is 0 Å². The summed E-state index contributed by atoms with van der Waals surface area (Å²) in [5.74, 6) is 2.37. The average molecular weight is 395 g/mol. The minimum absolute atomic E-state index is 0.0142. The fraction of sp³-hybridized carbons (Fsp3) is 0.417. The van der Waals surface area contributed by atoms with E-state index in [0.717, 1.165) is 25.3 Å². The van der Waals surface area contributed by atoms with Gasteiger partial charge in [-0.15, -0.1) is 0 Å². The molecule has 2 aromatic carbocycles. The lowest BCUT2D eigenvalue weighted by molar-refractivity contribution is -0.127. The number of hydrogen-bond acceptors (Lipinski definition) is 3.